The Balaban J connectivity index is 1.86. The number of rotatable bonds is 2. The molecule has 0 aliphatic heterocycles. The van der Waals surface area contributed by atoms with E-state index < -0.39 is 0 Å². The zero-order valence-corrected chi connectivity index (χ0v) is 15.9. The van der Waals surface area contributed by atoms with Gasteiger partial charge in [-0.3, -0.25) is 9.20 Å². The van der Waals surface area contributed by atoms with Gasteiger partial charge in [0.25, 0.3) is 5.56 Å². The molecule has 0 saturated carbocycles. The van der Waals surface area contributed by atoms with E-state index in [4.69, 9.17) is 28.2 Å². The number of nitrogens with one attached hydrogen (secondary N) is 1. The van der Waals surface area contributed by atoms with Crippen molar-refractivity contribution in [3.05, 3.63) is 74.4 Å². The van der Waals surface area contributed by atoms with Crippen LogP contribution in [0.15, 0.2) is 58.8 Å². The molecule has 0 bridgehead atoms. The Kier molecular flexibility index (Phi) is 3.79. The van der Waals surface area contributed by atoms with Gasteiger partial charge in [-0.15, -0.1) is 11.3 Å². The highest BCUT2D eigenvalue weighted by Gasteiger charge is 2.21. The molecule has 0 amide bonds. The maximum absolute atomic E-state index is 12.8. The fourth-order valence-electron chi connectivity index (χ4n) is 3.05. The van der Waals surface area contributed by atoms with Gasteiger partial charge in [0.2, 0.25) is 0 Å². The highest BCUT2D eigenvalue weighted by atomic mass is 35.5. The van der Waals surface area contributed by atoms with Crippen LogP contribution in [-0.2, 0) is 0 Å². The zero-order valence-electron chi connectivity index (χ0n) is 13.6. The molecule has 0 atom stereocenters. The monoisotopic (exact) mass is 412 g/mol. The third kappa shape index (κ3) is 2.65. The lowest BCUT2D eigenvalue weighted by Gasteiger charge is -2.06. The highest BCUT2D eigenvalue weighted by molar-refractivity contribution is 7.15. The lowest BCUT2D eigenvalue weighted by atomic mass is 10.1. The van der Waals surface area contributed by atoms with Gasteiger partial charge in [-0.25, -0.2) is 9.97 Å². The van der Waals surface area contributed by atoms with Gasteiger partial charge in [0, 0.05) is 17.1 Å². The van der Waals surface area contributed by atoms with Gasteiger partial charge in [-0.2, -0.15) is 0 Å². The van der Waals surface area contributed by atoms with E-state index in [2.05, 4.69) is 9.97 Å². The van der Waals surface area contributed by atoms with E-state index in [0.29, 0.717) is 32.5 Å². The molecule has 27 heavy (non-hydrogen) atoms. The summed E-state index contributed by atoms with van der Waals surface area (Å²) in [6.45, 7) is 0. The second-order valence-electron chi connectivity index (χ2n) is 5.93. The van der Waals surface area contributed by atoms with Crippen LogP contribution in [0.4, 0.5) is 0 Å². The molecule has 2 aromatic carbocycles. The summed E-state index contributed by atoms with van der Waals surface area (Å²) in [7, 11) is 0. The number of hydrogen-bond donors (Lipinski definition) is 1. The molecule has 0 unspecified atom stereocenters. The molecule has 5 rings (SSSR count). The summed E-state index contributed by atoms with van der Waals surface area (Å²) in [6, 6.07) is 13.0. The smallest absolute Gasteiger partial charge is 0.276 e. The number of benzene rings is 2. The number of thiazole rings is 1. The molecule has 0 aliphatic carbocycles. The van der Waals surface area contributed by atoms with Crippen molar-refractivity contribution in [1.29, 1.82) is 0 Å². The van der Waals surface area contributed by atoms with Crippen LogP contribution in [0.2, 0.25) is 10.0 Å². The Morgan fingerprint density at radius 1 is 1.00 bits per heavy atom. The Morgan fingerprint density at radius 2 is 1.78 bits per heavy atom. The SMILES string of the molecule is O=c1[nH]c2cc(Cl)c(Cl)cc2nc1-c1c(-c2ccccc2)nc2sccn12. The number of aromatic amines is 1. The van der Waals surface area contributed by atoms with Crippen LogP contribution in [0.1, 0.15) is 0 Å². The Labute approximate surface area is 166 Å². The molecule has 0 fully saturated rings. The van der Waals surface area contributed by atoms with Gasteiger partial charge in [0.05, 0.1) is 21.1 Å². The van der Waals surface area contributed by atoms with E-state index >= 15 is 0 Å². The van der Waals surface area contributed by atoms with Crippen molar-refractivity contribution in [2.24, 2.45) is 0 Å². The quantitative estimate of drug-likeness (QED) is 0.429. The van der Waals surface area contributed by atoms with Crippen molar-refractivity contribution in [3.63, 3.8) is 0 Å². The summed E-state index contributed by atoms with van der Waals surface area (Å²) < 4.78 is 1.88. The number of halogens is 2. The number of hydrogen-bond acceptors (Lipinski definition) is 4. The normalized spacial score (nSPS) is 11.5. The van der Waals surface area contributed by atoms with E-state index in [9.17, 15) is 4.79 Å². The molecule has 1 N–H and O–H groups in total. The minimum Gasteiger partial charge on any atom is -0.319 e. The number of imidazole rings is 1. The molecule has 3 aromatic heterocycles. The van der Waals surface area contributed by atoms with Gasteiger partial charge < -0.3 is 4.98 Å². The molecule has 0 radical (unpaired) electrons. The summed E-state index contributed by atoms with van der Waals surface area (Å²) in [5.41, 5.74) is 3.33. The lowest BCUT2D eigenvalue weighted by molar-refractivity contribution is 1.16. The van der Waals surface area contributed by atoms with Crippen molar-refractivity contribution in [2.45, 2.75) is 0 Å². The predicted octanol–water partition coefficient (Wildman–Crippen LogP) is 5.27. The minimum atomic E-state index is -0.314. The molecule has 0 saturated heterocycles. The van der Waals surface area contributed by atoms with E-state index in [1.54, 1.807) is 12.1 Å². The number of fused-ring (bicyclic) bond motifs is 2. The Morgan fingerprint density at radius 3 is 2.59 bits per heavy atom. The van der Waals surface area contributed by atoms with E-state index in [1.807, 2.05) is 46.3 Å². The number of aromatic nitrogens is 4. The van der Waals surface area contributed by atoms with Crippen LogP contribution in [0.3, 0.4) is 0 Å². The summed E-state index contributed by atoms with van der Waals surface area (Å²) in [4.78, 5) is 25.8. The largest absolute Gasteiger partial charge is 0.319 e. The third-order valence-electron chi connectivity index (χ3n) is 4.27. The van der Waals surface area contributed by atoms with E-state index in [-0.39, 0.29) is 11.3 Å². The van der Waals surface area contributed by atoms with Crippen molar-refractivity contribution in [1.82, 2.24) is 19.4 Å². The maximum atomic E-state index is 12.8. The van der Waals surface area contributed by atoms with Gasteiger partial charge in [0.15, 0.2) is 10.7 Å². The van der Waals surface area contributed by atoms with Gasteiger partial charge >= 0.3 is 0 Å². The fraction of sp³-hybridized carbons (Fsp3) is 0. The predicted molar refractivity (Wildman–Crippen MR) is 110 cm³/mol. The average Bonchev–Trinajstić information content (AvgIpc) is 3.25. The summed E-state index contributed by atoms with van der Waals surface area (Å²) in [6.07, 6.45) is 1.88. The molecule has 8 heteroatoms. The summed E-state index contributed by atoms with van der Waals surface area (Å²) >= 11 is 13.7. The summed E-state index contributed by atoms with van der Waals surface area (Å²) in [5, 5.41) is 2.67. The lowest BCUT2D eigenvalue weighted by Crippen LogP contribution is -2.13. The first kappa shape index (κ1) is 16.5. The zero-order chi connectivity index (χ0) is 18.5. The van der Waals surface area contributed by atoms with Crippen LogP contribution >= 0.6 is 34.5 Å². The first-order valence-corrected chi connectivity index (χ1v) is 9.66. The first-order valence-electron chi connectivity index (χ1n) is 8.02. The van der Waals surface area contributed by atoms with Crippen LogP contribution in [0, 0.1) is 0 Å². The fourth-order valence-corrected chi connectivity index (χ4v) is 4.09. The standard InChI is InChI=1S/C19H10Cl2N4OS/c20-11-8-13-14(9-12(11)21)23-18(26)16(22-13)17-15(10-4-2-1-3-5-10)24-19-25(17)6-7-27-19/h1-9H,(H,23,26). The Hall–Kier alpha value is -2.67. The van der Waals surface area contributed by atoms with E-state index in [1.165, 1.54) is 11.3 Å². The molecule has 0 aliphatic rings. The van der Waals surface area contributed by atoms with Crippen molar-refractivity contribution in [3.8, 4) is 22.6 Å². The second-order valence-corrected chi connectivity index (χ2v) is 7.62. The van der Waals surface area contributed by atoms with Crippen LogP contribution in [0.25, 0.3) is 38.6 Å². The van der Waals surface area contributed by atoms with Gasteiger partial charge in [-0.05, 0) is 12.1 Å². The highest BCUT2D eigenvalue weighted by Crippen LogP contribution is 2.33. The molecule has 3 heterocycles. The van der Waals surface area contributed by atoms with Gasteiger partial charge in [-0.1, -0.05) is 53.5 Å². The molecule has 0 spiro atoms. The molecule has 132 valence electrons. The molecular formula is C19H10Cl2N4OS. The minimum absolute atomic E-state index is 0.283. The van der Waals surface area contributed by atoms with Crippen molar-refractivity contribution < 1.29 is 0 Å². The van der Waals surface area contributed by atoms with E-state index in [0.717, 1.165) is 10.5 Å². The van der Waals surface area contributed by atoms with Crippen LogP contribution in [0.5, 0.6) is 0 Å². The molecule has 5 nitrogen and oxygen atoms in total. The number of nitrogens with zero attached hydrogens (tertiary/aromatic N) is 3. The average molecular weight is 413 g/mol. The second kappa shape index (κ2) is 6.20. The number of H-pyrrole nitrogens is 1. The molecule has 5 aromatic rings. The maximum Gasteiger partial charge on any atom is 0.276 e. The van der Waals surface area contributed by atoms with Crippen molar-refractivity contribution >= 4 is 50.5 Å². The molecular weight excluding hydrogens is 403 g/mol. The Bertz CT molecular complexity index is 1370. The van der Waals surface area contributed by atoms with Crippen molar-refractivity contribution in [2.75, 3.05) is 0 Å². The van der Waals surface area contributed by atoms with Crippen LogP contribution in [-0.4, -0.2) is 19.4 Å². The first-order chi connectivity index (χ1) is 13.1. The topological polar surface area (TPSA) is 63.0 Å². The summed E-state index contributed by atoms with van der Waals surface area (Å²) in [5.74, 6) is 0. The van der Waals surface area contributed by atoms with Crippen LogP contribution < -0.4 is 5.56 Å². The third-order valence-corrected chi connectivity index (χ3v) is 5.75. The van der Waals surface area contributed by atoms with Gasteiger partial charge in [0.1, 0.15) is 11.4 Å².